The molecule has 0 saturated carbocycles. The molecule has 1 heterocycles. The molecule has 3 heteroatoms. The predicted octanol–water partition coefficient (Wildman–Crippen LogP) is 2.40. The van der Waals surface area contributed by atoms with Crippen LogP contribution in [-0.4, -0.2) is 19.1 Å². The van der Waals surface area contributed by atoms with Gasteiger partial charge in [0.2, 0.25) is 0 Å². The Morgan fingerprint density at radius 3 is 3.06 bits per heavy atom. The number of benzene rings is 1. The Hall–Kier alpha value is -1.51. The van der Waals surface area contributed by atoms with E-state index < -0.39 is 0 Å². The summed E-state index contributed by atoms with van der Waals surface area (Å²) in [5.41, 5.74) is 1.88. The highest BCUT2D eigenvalue weighted by molar-refractivity contribution is 5.94. The van der Waals surface area contributed by atoms with Gasteiger partial charge in [-0.15, -0.1) is 0 Å². The van der Waals surface area contributed by atoms with E-state index in [1.165, 1.54) is 0 Å². The van der Waals surface area contributed by atoms with Crippen LogP contribution in [0.1, 0.15) is 36.2 Å². The van der Waals surface area contributed by atoms with E-state index in [2.05, 4.69) is 19.2 Å². The van der Waals surface area contributed by atoms with Crippen molar-refractivity contribution in [2.24, 2.45) is 5.92 Å². The molecule has 0 radical (unpaired) electrons. The number of amides is 1. The number of aryl methyl sites for hydroxylation is 1. The predicted molar refractivity (Wildman–Crippen MR) is 67.4 cm³/mol. The zero-order valence-corrected chi connectivity index (χ0v) is 10.5. The first-order valence-corrected chi connectivity index (χ1v) is 6.21. The zero-order chi connectivity index (χ0) is 12.3. The molecule has 1 aromatic rings. The molecule has 17 heavy (non-hydrogen) atoms. The Morgan fingerprint density at radius 2 is 2.29 bits per heavy atom. The Balaban J connectivity index is 2.08. The molecule has 2 rings (SSSR count). The van der Waals surface area contributed by atoms with Crippen molar-refractivity contribution >= 4 is 5.91 Å². The van der Waals surface area contributed by atoms with Gasteiger partial charge in [0.05, 0.1) is 6.61 Å². The monoisotopic (exact) mass is 233 g/mol. The largest absolute Gasteiger partial charge is 0.493 e. The van der Waals surface area contributed by atoms with Gasteiger partial charge in [-0.25, -0.2) is 0 Å². The molecule has 1 amide bonds. The van der Waals surface area contributed by atoms with Gasteiger partial charge in [-0.3, -0.25) is 4.79 Å². The Morgan fingerprint density at radius 1 is 1.47 bits per heavy atom. The number of carbonyl (C=O) groups excluding carboxylic acids is 1. The van der Waals surface area contributed by atoms with Crippen molar-refractivity contribution in [1.29, 1.82) is 0 Å². The summed E-state index contributed by atoms with van der Waals surface area (Å²) in [7, 11) is 0. The fourth-order valence-corrected chi connectivity index (χ4v) is 1.90. The fourth-order valence-electron chi connectivity index (χ4n) is 1.90. The lowest BCUT2D eigenvalue weighted by Gasteiger charge is -2.17. The van der Waals surface area contributed by atoms with Gasteiger partial charge in [0, 0.05) is 12.1 Å². The molecule has 0 saturated heterocycles. The van der Waals surface area contributed by atoms with E-state index in [9.17, 15) is 4.79 Å². The first-order chi connectivity index (χ1) is 8.16. The van der Waals surface area contributed by atoms with Crippen LogP contribution < -0.4 is 10.1 Å². The summed E-state index contributed by atoms with van der Waals surface area (Å²) >= 11 is 0. The second-order valence-electron chi connectivity index (χ2n) is 4.88. The molecule has 92 valence electrons. The normalized spacial score (nSPS) is 14.1. The van der Waals surface area contributed by atoms with Crippen molar-refractivity contribution in [2.75, 3.05) is 13.2 Å². The van der Waals surface area contributed by atoms with E-state index in [1.54, 1.807) is 0 Å². The van der Waals surface area contributed by atoms with Crippen molar-refractivity contribution in [1.82, 2.24) is 5.32 Å². The number of hydrogen-bond donors (Lipinski definition) is 1. The standard InChI is InChI=1S/C14H19NO2/c1-10(2)9-15-14(16)12-5-6-13-11(8-12)4-3-7-17-13/h5-6,8,10H,3-4,7,9H2,1-2H3,(H,15,16). The molecular weight excluding hydrogens is 214 g/mol. The molecule has 0 atom stereocenters. The summed E-state index contributed by atoms with van der Waals surface area (Å²) in [5, 5.41) is 2.93. The van der Waals surface area contributed by atoms with Crippen molar-refractivity contribution < 1.29 is 9.53 Å². The molecule has 1 aromatic carbocycles. The Bertz CT molecular complexity index is 413. The van der Waals surface area contributed by atoms with Crippen LogP contribution in [0, 0.1) is 5.92 Å². The molecule has 1 aliphatic rings. The number of carbonyl (C=O) groups is 1. The lowest BCUT2D eigenvalue weighted by molar-refractivity contribution is 0.0949. The average Bonchev–Trinajstić information content (AvgIpc) is 2.35. The van der Waals surface area contributed by atoms with Crippen LogP contribution in [0.25, 0.3) is 0 Å². The van der Waals surface area contributed by atoms with Crippen molar-refractivity contribution in [3.05, 3.63) is 29.3 Å². The summed E-state index contributed by atoms with van der Waals surface area (Å²) in [6.07, 6.45) is 2.03. The highest BCUT2D eigenvalue weighted by atomic mass is 16.5. The van der Waals surface area contributed by atoms with Crippen LogP contribution in [0.4, 0.5) is 0 Å². The van der Waals surface area contributed by atoms with Crippen molar-refractivity contribution in [3.63, 3.8) is 0 Å². The van der Waals surface area contributed by atoms with Gasteiger partial charge >= 0.3 is 0 Å². The molecule has 0 aromatic heterocycles. The smallest absolute Gasteiger partial charge is 0.251 e. The summed E-state index contributed by atoms with van der Waals surface area (Å²) in [6.45, 7) is 5.67. The van der Waals surface area contributed by atoms with E-state index in [0.717, 1.165) is 36.3 Å². The zero-order valence-electron chi connectivity index (χ0n) is 10.5. The van der Waals surface area contributed by atoms with E-state index in [-0.39, 0.29) is 5.91 Å². The minimum absolute atomic E-state index is 0.00655. The van der Waals surface area contributed by atoms with E-state index in [0.29, 0.717) is 12.5 Å². The number of ether oxygens (including phenoxy) is 1. The summed E-state index contributed by atoms with van der Waals surface area (Å²) in [5.74, 6) is 1.41. The lowest BCUT2D eigenvalue weighted by atomic mass is 10.0. The second-order valence-corrected chi connectivity index (χ2v) is 4.88. The molecule has 0 bridgehead atoms. The first kappa shape index (κ1) is 12.0. The minimum Gasteiger partial charge on any atom is -0.493 e. The van der Waals surface area contributed by atoms with Crippen LogP contribution in [0.15, 0.2) is 18.2 Å². The average molecular weight is 233 g/mol. The fraction of sp³-hybridized carbons (Fsp3) is 0.500. The molecule has 1 aliphatic heterocycles. The molecule has 0 spiro atoms. The van der Waals surface area contributed by atoms with E-state index >= 15 is 0 Å². The Kier molecular flexibility index (Phi) is 3.67. The SMILES string of the molecule is CC(C)CNC(=O)c1ccc2c(c1)CCCO2. The van der Waals surface area contributed by atoms with Gasteiger partial charge in [-0.2, -0.15) is 0 Å². The molecule has 0 unspecified atom stereocenters. The van der Waals surface area contributed by atoms with Crippen LogP contribution in [0.2, 0.25) is 0 Å². The summed E-state index contributed by atoms with van der Waals surface area (Å²) in [4.78, 5) is 11.9. The van der Waals surface area contributed by atoms with Crippen molar-refractivity contribution in [3.8, 4) is 5.75 Å². The first-order valence-electron chi connectivity index (χ1n) is 6.21. The maximum Gasteiger partial charge on any atom is 0.251 e. The number of hydrogen-bond acceptors (Lipinski definition) is 2. The maximum atomic E-state index is 11.9. The molecule has 0 fully saturated rings. The highest BCUT2D eigenvalue weighted by Crippen LogP contribution is 2.25. The second kappa shape index (κ2) is 5.21. The van der Waals surface area contributed by atoms with E-state index in [1.807, 2.05) is 18.2 Å². The lowest BCUT2D eigenvalue weighted by Crippen LogP contribution is -2.27. The Labute approximate surface area is 102 Å². The van der Waals surface area contributed by atoms with Gasteiger partial charge in [0.1, 0.15) is 5.75 Å². The van der Waals surface area contributed by atoms with Gasteiger partial charge in [-0.05, 0) is 42.5 Å². The van der Waals surface area contributed by atoms with Gasteiger partial charge in [0.15, 0.2) is 0 Å². The summed E-state index contributed by atoms with van der Waals surface area (Å²) < 4.78 is 5.52. The third-order valence-corrected chi connectivity index (χ3v) is 2.84. The molecule has 1 N–H and O–H groups in total. The number of nitrogens with one attached hydrogen (secondary N) is 1. The van der Waals surface area contributed by atoms with Crippen LogP contribution in [0.3, 0.4) is 0 Å². The van der Waals surface area contributed by atoms with Crippen LogP contribution in [0.5, 0.6) is 5.75 Å². The topological polar surface area (TPSA) is 38.3 Å². The number of fused-ring (bicyclic) bond motifs is 1. The summed E-state index contributed by atoms with van der Waals surface area (Å²) in [6, 6.07) is 5.68. The van der Waals surface area contributed by atoms with Crippen LogP contribution >= 0.6 is 0 Å². The van der Waals surface area contributed by atoms with Gasteiger partial charge in [0.25, 0.3) is 5.91 Å². The molecule has 0 aliphatic carbocycles. The quantitative estimate of drug-likeness (QED) is 0.870. The molecule has 3 nitrogen and oxygen atoms in total. The molecular formula is C14H19NO2. The van der Waals surface area contributed by atoms with Gasteiger partial charge in [-0.1, -0.05) is 13.8 Å². The van der Waals surface area contributed by atoms with Crippen molar-refractivity contribution in [2.45, 2.75) is 26.7 Å². The van der Waals surface area contributed by atoms with Gasteiger partial charge < -0.3 is 10.1 Å². The minimum atomic E-state index is 0.00655. The van der Waals surface area contributed by atoms with Crippen LogP contribution in [-0.2, 0) is 6.42 Å². The maximum absolute atomic E-state index is 11.9. The number of rotatable bonds is 3. The highest BCUT2D eigenvalue weighted by Gasteiger charge is 2.13. The van der Waals surface area contributed by atoms with E-state index in [4.69, 9.17) is 4.74 Å². The third-order valence-electron chi connectivity index (χ3n) is 2.84. The third kappa shape index (κ3) is 2.99.